The molecule has 1 fully saturated rings. The minimum atomic E-state index is -3.40. The number of hydrogen-bond acceptors (Lipinski definition) is 4. The second-order valence-corrected chi connectivity index (χ2v) is 11.6. The van der Waals surface area contributed by atoms with Crippen molar-refractivity contribution in [3.63, 3.8) is 0 Å². The molecule has 33 heavy (non-hydrogen) atoms. The highest BCUT2D eigenvalue weighted by atomic mass is 35.5. The van der Waals surface area contributed by atoms with E-state index in [1.165, 1.54) is 0 Å². The Morgan fingerprint density at radius 3 is 2.52 bits per heavy atom. The Bertz CT molecular complexity index is 1150. The molecular weight excluding hydrogens is 481 g/mol. The van der Waals surface area contributed by atoms with E-state index in [0.717, 1.165) is 61.7 Å². The Balaban J connectivity index is 1.67. The van der Waals surface area contributed by atoms with Crippen LogP contribution in [0.2, 0.25) is 10.0 Å². The lowest BCUT2D eigenvalue weighted by Gasteiger charge is -2.43. The molecule has 1 aliphatic heterocycles. The van der Waals surface area contributed by atoms with Crippen LogP contribution in [0.5, 0.6) is 0 Å². The van der Waals surface area contributed by atoms with Gasteiger partial charge in [-0.25, -0.2) is 8.42 Å². The number of hydrogen-bond donors (Lipinski definition) is 1. The summed E-state index contributed by atoms with van der Waals surface area (Å²) < 4.78 is 26.2. The van der Waals surface area contributed by atoms with E-state index < -0.39 is 10.0 Å². The first-order valence-corrected chi connectivity index (χ1v) is 13.8. The van der Waals surface area contributed by atoms with Crippen LogP contribution < -0.4 is 4.72 Å². The predicted octanol–water partition coefficient (Wildman–Crippen LogP) is 4.52. The van der Waals surface area contributed by atoms with Crippen molar-refractivity contribution < 1.29 is 13.2 Å². The zero-order valence-electron chi connectivity index (χ0n) is 18.9. The van der Waals surface area contributed by atoms with Crippen molar-refractivity contribution in [1.29, 1.82) is 0 Å². The first-order valence-electron chi connectivity index (χ1n) is 11.2. The Kier molecular flexibility index (Phi) is 7.24. The molecule has 0 aromatic heterocycles. The summed E-state index contributed by atoms with van der Waals surface area (Å²) in [4.78, 5) is 17.7. The van der Waals surface area contributed by atoms with Crippen LogP contribution >= 0.6 is 23.2 Å². The summed E-state index contributed by atoms with van der Waals surface area (Å²) in [6, 6.07) is 11.0. The van der Waals surface area contributed by atoms with Gasteiger partial charge in [0.1, 0.15) is 0 Å². The largest absolute Gasteiger partial charge is 0.337 e. The third-order valence-corrected chi connectivity index (χ3v) is 7.95. The number of likely N-dealkylation sites (N-methyl/N-ethyl adjacent to an activating group) is 1. The Hall–Kier alpha value is -1.80. The van der Waals surface area contributed by atoms with Gasteiger partial charge in [0.15, 0.2) is 0 Å². The first kappa shape index (κ1) is 24.3. The van der Waals surface area contributed by atoms with Crippen LogP contribution in [0.25, 0.3) is 0 Å². The number of aryl methyl sites for hydroxylation is 1. The highest BCUT2D eigenvalue weighted by molar-refractivity contribution is 7.92. The molecule has 1 amide bonds. The molecule has 2 unspecified atom stereocenters. The van der Waals surface area contributed by atoms with Crippen molar-refractivity contribution in [2.45, 2.75) is 44.2 Å². The van der Waals surface area contributed by atoms with Crippen LogP contribution in [0.1, 0.15) is 42.0 Å². The summed E-state index contributed by atoms with van der Waals surface area (Å²) in [5.74, 6) is -0.0167. The van der Waals surface area contributed by atoms with Gasteiger partial charge >= 0.3 is 0 Å². The van der Waals surface area contributed by atoms with Gasteiger partial charge in [0.25, 0.3) is 0 Å². The molecule has 1 N–H and O–H groups in total. The molecule has 1 saturated heterocycles. The second-order valence-electron chi connectivity index (χ2n) is 9.01. The molecule has 2 atom stereocenters. The second kappa shape index (κ2) is 9.82. The van der Waals surface area contributed by atoms with E-state index in [-0.39, 0.29) is 24.4 Å². The fourth-order valence-electron chi connectivity index (χ4n) is 5.07. The molecule has 2 aromatic carbocycles. The smallest absolute Gasteiger partial charge is 0.229 e. The van der Waals surface area contributed by atoms with E-state index in [4.69, 9.17) is 23.2 Å². The van der Waals surface area contributed by atoms with Crippen LogP contribution in [0.4, 0.5) is 5.69 Å². The SMILES string of the molecule is CN(C(=O)Cc1ccc(Cl)c(Cl)c1)C1c2cc(NS(C)(=O)=O)ccc2CCC1N1CCCC1. The van der Waals surface area contributed by atoms with Crippen LogP contribution in [-0.4, -0.2) is 56.6 Å². The highest BCUT2D eigenvalue weighted by Crippen LogP contribution is 2.39. The van der Waals surface area contributed by atoms with E-state index in [9.17, 15) is 13.2 Å². The summed E-state index contributed by atoms with van der Waals surface area (Å²) >= 11 is 12.2. The predicted molar refractivity (Wildman–Crippen MR) is 134 cm³/mol. The van der Waals surface area contributed by atoms with Crippen molar-refractivity contribution in [2.75, 3.05) is 31.1 Å². The van der Waals surface area contributed by atoms with E-state index in [1.807, 2.05) is 30.1 Å². The molecule has 1 heterocycles. The number of fused-ring (bicyclic) bond motifs is 1. The molecule has 0 spiro atoms. The number of carbonyl (C=O) groups is 1. The van der Waals surface area contributed by atoms with Gasteiger partial charge in [0.05, 0.1) is 28.8 Å². The fourth-order valence-corrected chi connectivity index (χ4v) is 5.95. The van der Waals surface area contributed by atoms with E-state index in [1.54, 1.807) is 18.2 Å². The number of nitrogens with one attached hydrogen (secondary N) is 1. The van der Waals surface area contributed by atoms with Gasteiger partial charge in [-0.05, 0) is 79.7 Å². The van der Waals surface area contributed by atoms with E-state index in [0.29, 0.717) is 15.7 Å². The number of likely N-dealkylation sites (tertiary alicyclic amines) is 1. The molecule has 0 saturated carbocycles. The number of benzene rings is 2. The van der Waals surface area contributed by atoms with Gasteiger partial charge in [0, 0.05) is 18.8 Å². The number of carbonyl (C=O) groups excluding carboxylic acids is 1. The van der Waals surface area contributed by atoms with Crippen LogP contribution in [0.3, 0.4) is 0 Å². The molecule has 0 bridgehead atoms. The summed E-state index contributed by atoms with van der Waals surface area (Å²) in [5, 5.41) is 0.890. The lowest BCUT2D eigenvalue weighted by molar-refractivity contribution is -0.133. The minimum Gasteiger partial charge on any atom is -0.337 e. The Morgan fingerprint density at radius 1 is 1.12 bits per heavy atom. The normalized spacial score (nSPS) is 21.0. The summed E-state index contributed by atoms with van der Waals surface area (Å²) in [6.07, 6.45) is 5.54. The Morgan fingerprint density at radius 2 is 1.85 bits per heavy atom. The number of anilines is 1. The molecular formula is C24H29Cl2N3O3S. The summed E-state index contributed by atoms with van der Waals surface area (Å²) in [7, 11) is -1.55. The van der Waals surface area contributed by atoms with Crippen molar-refractivity contribution in [3.8, 4) is 0 Å². The van der Waals surface area contributed by atoms with Gasteiger partial charge in [-0.15, -0.1) is 0 Å². The number of halogens is 2. The van der Waals surface area contributed by atoms with Gasteiger partial charge in [-0.3, -0.25) is 14.4 Å². The lowest BCUT2D eigenvalue weighted by Crippen LogP contribution is -2.48. The monoisotopic (exact) mass is 509 g/mol. The molecule has 6 nitrogen and oxygen atoms in total. The van der Waals surface area contributed by atoms with Gasteiger partial charge < -0.3 is 4.90 Å². The summed E-state index contributed by atoms with van der Waals surface area (Å²) in [5.41, 5.74) is 3.50. The fraction of sp³-hybridized carbons (Fsp3) is 0.458. The molecule has 9 heteroatoms. The topological polar surface area (TPSA) is 69.7 Å². The van der Waals surface area contributed by atoms with Crippen molar-refractivity contribution in [3.05, 3.63) is 63.1 Å². The van der Waals surface area contributed by atoms with Gasteiger partial charge in [-0.1, -0.05) is 35.3 Å². The number of rotatable bonds is 6. The van der Waals surface area contributed by atoms with E-state index >= 15 is 0 Å². The molecule has 4 rings (SSSR count). The minimum absolute atomic E-state index is 0.0167. The number of nitrogens with zero attached hydrogens (tertiary/aromatic N) is 2. The highest BCUT2D eigenvalue weighted by Gasteiger charge is 2.38. The molecule has 2 aromatic rings. The Labute approximate surface area is 205 Å². The first-order chi connectivity index (χ1) is 15.6. The van der Waals surface area contributed by atoms with Crippen molar-refractivity contribution in [1.82, 2.24) is 9.80 Å². The third kappa shape index (κ3) is 5.65. The molecule has 0 radical (unpaired) electrons. The molecule has 178 valence electrons. The number of amides is 1. The maximum absolute atomic E-state index is 13.4. The summed E-state index contributed by atoms with van der Waals surface area (Å²) in [6.45, 7) is 2.04. The van der Waals surface area contributed by atoms with Crippen LogP contribution in [-0.2, 0) is 27.7 Å². The lowest BCUT2D eigenvalue weighted by atomic mass is 9.82. The van der Waals surface area contributed by atoms with Crippen LogP contribution in [0.15, 0.2) is 36.4 Å². The van der Waals surface area contributed by atoms with Crippen molar-refractivity contribution in [2.24, 2.45) is 0 Å². The molecule has 1 aliphatic carbocycles. The maximum Gasteiger partial charge on any atom is 0.229 e. The molecule has 2 aliphatic rings. The van der Waals surface area contributed by atoms with E-state index in [2.05, 4.69) is 9.62 Å². The van der Waals surface area contributed by atoms with Gasteiger partial charge in [-0.2, -0.15) is 0 Å². The van der Waals surface area contributed by atoms with Crippen molar-refractivity contribution >= 4 is 44.8 Å². The van der Waals surface area contributed by atoms with Crippen LogP contribution in [0, 0.1) is 0 Å². The average Bonchev–Trinajstić information content (AvgIpc) is 3.28. The average molecular weight is 510 g/mol. The quantitative estimate of drug-likeness (QED) is 0.621. The zero-order valence-corrected chi connectivity index (χ0v) is 21.2. The zero-order chi connectivity index (χ0) is 23.8. The third-order valence-electron chi connectivity index (χ3n) is 6.60. The number of sulfonamides is 1. The van der Waals surface area contributed by atoms with Gasteiger partial charge in [0.2, 0.25) is 15.9 Å². The maximum atomic E-state index is 13.4. The standard InChI is InChI=1S/C24H29Cl2N3O3S/c1-28(23(30)14-16-5-9-20(25)21(26)13-16)24-19-15-18(27-33(2,31)32)8-6-17(19)7-10-22(24)29-11-3-4-12-29/h5-6,8-9,13,15,22,24,27H,3-4,7,10-12,14H2,1-2H3.